The molecule has 0 atom stereocenters. The van der Waals surface area contributed by atoms with Gasteiger partial charge in [0.2, 0.25) is 5.91 Å². The highest BCUT2D eigenvalue weighted by atomic mass is 16.2. The van der Waals surface area contributed by atoms with Gasteiger partial charge < -0.3 is 10.6 Å². The summed E-state index contributed by atoms with van der Waals surface area (Å²) in [5, 5.41) is 0. The van der Waals surface area contributed by atoms with Crippen molar-refractivity contribution in [2.75, 3.05) is 29.1 Å². The number of nitrogens with zero attached hydrogens (tertiary/aromatic N) is 3. The van der Waals surface area contributed by atoms with Crippen LogP contribution in [0.15, 0.2) is 67.0 Å². The molecule has 4 rings (SSSR count). The van der Waals surface area contributed by atoms with E-state index in [9.17, 15) is 4.79 Å². The fourth-order valence-electron chi connectivity index (χ4n) is 3.65. The first-order chi connectivity index (χ1) is 14.2. The summed E-state index contributed by atoms with van der Waals surface area (Å²) in [7, 11) is 0. The van der Waals surface area contributed by atoms with Gasteiger partial charge in [0.15, 0.2) is 11.6 Å². The summed E-state index contributed by atoms with van der Waals surface area (Å²) < 4.78 is 0. The second kappa shape index (κ2) is 8.60. The third kappa shape index (κ3) is 4.13. The van der Waals surface area contributed by atoms with Crippen molar-refractivity contribution < 1.29 is 4.79 Å². The van der Waals surface area contributed by atoms with Crippen LogP contribution in [0.1, 0.15) is 29.9 Å². The number of anilines is 3. The molecule has 0 unspecified atom stereocenters. The molecule has 1 fully saturated rings. The molecule has 7 nitrogen and oxygen atoms in total. The predicted octanol–water partition coefficient (Wildman–Crippen LogP) is 2.93. The van der Waals surface area contributed by atoms with Crippen molar-refractivity contribution in [3.63, 3.8) is 0 Å². The van der Waals surface area contributed by atoms with E-state index in [1.807, 2.05) is 60.7 Å². The first-order valence-corrected chi connectivity index (χ1v) is 9.75. The van der Waals surface area contributed by atoms with E-state index in [0.717, 1.165) is 37.1 Å². The van der Waals surface area contributed by atoms with Crippen LogP contribution in [-0.4, -0.2) is 29.0 Å². The Kier molecular flexibility index (Phi) is 5.56. The van der Waals surface area contributed by atoms with E-state index in [2.05, 4.69) is 25.7 Å². The van der Waals surface area contributed by atoms with Crippen LogP contribution in [-0.2, 0) is 4.79 Å². The number of aromatic nitrogens is 2. The van der Waals surface area contributed by atoms with Crippen molar-refractivity contribution in [3.05, 3.63) is 78.1 Å². The molecule has 4 N–H and O–H groups in total. The fourth-order valence-corrected chi connectivity index (χ4v) is 3.65. The molecule has 148 valence electrons. The maximum absolute atomic E-state index is 13.1. The highest BCUT2D eigenvalue weighted by Gasteiger charge is 2.23. The minimum absolute atomic E-state index is 0.192. The van der Waals surface area contributed by atoms with Gasteiger partial charge in [0.05, 0.1) is 5.92 Å². The van der Waals surface area contributed by atoms with E-state index in [4.69, 9.17) is 5.73 Å². The molecule has 2 heterocycles. The van der Waals surface area contributed by atoms with Crippen LogP contribution in [0.2, 0.25) is 0 Å². The van der Waals surface area contributed by atoms with Crippen molar-refractivity contribution in [2.24, 2.45) is 0 Å². The van der Waals surface area contributed by atoms with E-state index < -0.39 is 5.92 Å². The van der Waals surface area contributed by atoms with Gasteiger partial charge in [0.1, 0.15) is 12.0 Å². The number of carbonyl (C=O) groups excluding carboxylic acids is 1. The van der Waals surface area contributed by atoms with Gasteiger partial charge in [-0.2, -0.15) is 0 Å². The molecule has 0 bridgehead atoms. The number of nitrogens with one attached hydrogen (secondary N) is 2. The van der Waals surface area contributed by atoms with Crippen molar-refractivity contribution in [1.82, 2.24) is 15.4 Å². The van der Waals surface area contributed by atoms with Gasteiger partial charge in [-0.25, -0.2) is 9.97 Å². The number of hydrogen-bond acceptors (Lipinski definition) is 6. The molecular weight excluding hydrogens is 364 g/mol. The van der Waals surface area contributed by atoms with Gasteiger partial charge >= 0.3 is 0 Å². The van der Waals surface area contributed by atoms with Crippen LogP contribution in [0.3, 0.4) is 0 Å². The third-order valence-electron chi connectivity index (χ3n) is 5.10. The van der Waals surface area contributed by atoms with Gasteiger partial charge in [-0.1, -0.05) is 60.7 Å². The Hall–Kier alpha value is -3.61. The number of benzene rings is 2. The number of rotatable bonds is 6. The number of carbonyl (C=O) groups is 1. The fraction of sp³-hybridized carbons (Fsp3) is 0.227. The maximum Gasteiger partial charge on any atom is 0.250 e. The van der Waals surface area contributed by atoms with Crippen LogP contribution in [0.5, 0.6) is 0 Å². The Balaban J connectivity index is 1.54. The molecule has 1 aliphatic heterocycles. The molecule has 1 aromatic heterocycles. The zero-order chi connectivity index (χ0) is 20.1. The molecule has 1 amide bonds. The summed E-state index contributed by atoms with van der Waals surface area (Å²) in [4.78, 5) is 23.8. The zero-order valence-electron chi connectivity index (χ0n) is 16.1. The number of hydrazine groups is 1. The van der Waals surface area contributed by atoms with E-state index >= 15 is 0 Å². The first kappa shape index (κ1) is 18.7. The summed E-state index contributed by atoms with van der Waals surface area (Å²) in [5.41, 5.74) is 14.2. The van der Waals surface area contributed by atoms with Gasteiger partial charge in [-0.3, -0.25) is 15.6 Å². The number of nitrogens with two attached hydrogens (primary N) is 1. The Morgan fingerprint density at radius 2 is 1.52 bits per heavy atom. The Morgan fingerprint density at radius 3 is 2.10 bits per heavy atom. The number of amides is 1. The van der Waals surface area contributed by atoms with E-state index in [0.29, 0.717) is 17.3 Å². The normalized spacial score (nSPS) is 13.5. The average Bonchev–Trinajstić information content (AvgIpc) is 3.29. The Morgan fingerprint density at radius 1 is 0.931 bits per heavy atom. The molecule has 7 heteroatoms. The van der Waals surface area contributed by atoms with Crippen LogP contribution in [0, 0.1) is 0 Å². The molecule has 0 aliphatic carbocycles. The minimum atomic E-state index is -0.453. The van der Waals surface area contributed by atoms with Gasteiger partial charge in [0.25, 0.3) is 0 Å². The summed E-state index contributed by atoms with van der Waals surface area (Å²) in [6, 6.07) is 19.4. The first-order valence-electron chi connectivity index (χ1n) is 9.75. The molecule has 29 heavy (non-hydrogen) atoms. The summed E-state index contributed by atoms with van der Waals surface area (Å²) in [5.74, 6) is 0.459. The number of hydrogen-bond donors (Lipinski definition) is 3. The number of nitrogen functional groups attached to an aromatic ring is 1. The van der Waals surface area contributed by atoms with Crippen molar-refractivity contribution in [3.8, 4) is 0 Å². The van der Waals surface area contributed by atoms with Gasteiger partial charge in [0, 0.05) is 13.1 Å². The minimum Gasteiger partial charge on any atom is -0.393 e. The predicted molar refractivity (Wildman–Crippen MR) is 114 cm³/mol. The van der Waals surface area contributed by atoms with Crippen LogP contribution < -0.4 is 21.5 Å². The van der Waals surface area contributed by atoms with Gasteiger partial charge in [-0.05, 0) is 24.0 Å². The SMILES string of the molecule is Nc1c(NNC(=O)C(c2ccccc2)c2ccccc2)ncnc1N1CCCC1. The molecular formula is C22H24N6O. The lowest BCUT2D eigenvalue weighted by Crippen LogP contribution is -2.35. The van der Waals surface area contributed by atoms with Crippen molar-refractivity contribution in [2.45, 2.75) is 18.8 Å². The summed E-state index contributed by atoms with van der Waals surface area (Å²) in [6.45, 7) is 1.86. The van der Waals surface area contributed by atoms with Crippen molar-refractivity contribution in [1.29, 1.82) is 0 Å². The lowest BCUT2D eigenvalue weighted by Gasteiger charge is -2.21. The van der Waals surface area contributed by atoms with Crippen LogP contribution in [0.4, 0.5) is 17.3 Å². The second-order valence-electron chi connectivity index (χ2n) is 7.02. The molecule has 0 saturated carbocycles. The van der Waals surface area contributed by atoms with Crippen LogP contribution >= 0.6 is 0 Å². The van der Waals surface area contributed by atoms with E-state index in [-0.39, 0.29) is 5.91 Å². The topological polar surface area (TPSA) is 96.2 Å². The Labute approximate surface area is 169 Å². The lowest BCUT2D eigenvalue weighted by atomic mass is 9.91. The largest absolute Gasteiger partial charge is 0.393 e. The molecule has 0 spiro atoms. The molecule has 0 radical (unpaired) electrons. The highest BCUT2D eigenvalue weighted by Crippen LogP contribution is 2.29. The standard InChI is InChI=1S/C22H24N6O/c23-19-20(24-15-25-21(19)28-13-7-8-14-28)26-27-22(29)18(16-9-3-1-4-10-16)17-11-5-2-6-12-17/h1-6,9-12,15,18H,7-8,13-14,23H2,(H,27,29)(H,24,25,26). The zero-order valence-corrected chi connectivity index (χ0v) is 16.1. The quantitative estimate of drug-likeness (QED) is 0.562. The molecule has 2 aromatic carbocycles. The smallest absolute Gasteiger partial charge is 0.250 e. The van der Waals surface area contributed by atoms with E-state index in [1.54, 1.807) is 0 Å². The monoisotopic (exact) mass is 388 g/mol. The summed E-state index contributed by atoms with van der Waals surface area (Å²) >= 11 is 0. The van der Waals surface area contributed by atoms with Gasteiger partial charge in [-0.15, -0.1) is 0 Å². The summed E-state index contributed by atoms with van der Waals surface area (Å²) in [6.07, 6.45) is 3.71. The third-order valence-corrected chi connectivity index (χ3v) is 5.10. The van der Waals surface area contributed by atoms with E-state index in [1.165, 1.54) is 6.33 Å². The lowest BCUT2D eigenvalue weighted by molar-refractivity contribution is -0.121. The highest BCUT2D eigenvalue weighted by molar-refractivity contribution is 5.88. The molecule has 3 aromatic rings. The van der Waals surface area contributed by atoms with Crippen LogP contribution in [0.25, 0.3) is 0 Å². The second-order valence-corrected chi connectivity index (χ2v) is 7.02. The average molecular weight is 388 g/mol. The van der Waals surface area contributed by atoms with Crippen molar-refractivity contribution >= 4 is 23.2 Å². The molecule has 1 saturated heterocycles. The maximum atomic E-state index is 13.1. The Bertz CT molecular complexity index is 918. The molecule has 1 aliphatic rings.